The average molecular weight is 392 g/mol. The van der Waals surface area contributed by atoms with Crippen LogP contribution in [0.2, 0.25) is 0 Å². The van der Waals surface area contributed by atoms with Crippen molar-refractivity contribution < 1.29 is 27.4 Å². The number of carbonyl (C=O) groups is 1. The fourth-order valence-corrected chi connectivity index (χ4v) is 3.92. The van der Waals surface area contributed by atoms with E-state index < -0.39 is 22.1 Å². The Bertz CT molecular complexity index is 960. The van der Waals surface area contributed by atoms with E-state index in [1.807, 2.05) is 0 Å². The van der Waals surface area contributed by atoms with Gasteiger partial charge in [-0.3, -0.25) is 4.31 Å². The number of fused-ring (bicyclic) bond motifs is 1. The monoisotopic (exact) mass is 392 g/mol. The van der Waals surface area contributed by atoms with Gasteiger partial charge in [-0.15, -0.1) is 0 Å². The van der Waals surface area contributed by atoms with E-state index in [1.54, 1.807) is 31.2 Å². The fourth-order valence-electron chi connectivity index (χ4n) is 2.73. The number of methoxy groups -OCH3 is 1. The van der Waals surface area contributed by atoms with Gasteiger partial charge < -0.3 is 14.2 Å². The quantitative estimate of drug-likeness (QED) is 0.692. The van der Waals surface area contributed by atoms with Gasteiger partial charge in [0.05, 0.1) is 18.6 Å². The molecule has 1 aliphatic heterocycles. The van der Waals surface area contributed by atoms with Crippen molar-refractivity contribution >= 4 is 21.8 Å². The van der Waals surface area contributed by atoms with Crippen molar-refractivity contribution in [2.45, 2.75) is 24.3 Å². The molecular formula is C18H20N2O6S. The molecule has 0 radical (unpaired) electrons. The number of aromatic nitrogens is 1. The van der Waals surface area contributed by atoms with E-state index in [0.717, 1.165) is 4.31 Å². The van der Waals surface area contributed by atoms with E-state index >= 15 is 0 Å². The molecule has 27 heavy (non-hydrogen) atoms. The van der Waals surface area contributed by atoms with Gasteiger partial charge in [0.15, 0.2) is 6.10 Å². The largest absolute Gasteiger partial charge is 0.481 e. The molecule has 144 valence electrons. The Hall–Kier alpha value is -2.81. The summed E-state index contributed by atoms with van der Waals surface area (Å²) in [5, 5.41) is 0. The van der Waals surface area contributed by atoms with Crippen molar-refractivity contribution in [2.75, 3.05) is 25.1 Å². The highest BCUT2D eigenvalue weighted by Crippen LogP contribution is 2.32. The van der Waals surface area contributed by atoms with E-state index in [4.69, 9.17) is 14.2 Å². The Morgan fingerprint density at radius 2 is 2.11 bits per heavy atom. The molecular weight excluding hydrogens is 372 g/mol. The minimum Gasteiger partial charge on any atom is -0.481 e. The van der Waals surface area contributed by atoms with E-state index in [1.165, 1.54) is 26.3 Å². The molecule has 2 heterocycles. The first-order chi connectivity index (χ1) is 12.9. The first-order valence-electron chi connectivity index (χ1n) is 8.33. The van der Waals surface area contributed by atoms with Gasteiger partial charge in [-0.05, 0) is 36.8 Å². The summed E-state index contributed by atoms with van der Waals surface area (Å²) in [6.45, 7) is 1.97. The molecule has 9 heteroatoms. The smallest absolute Gasteiger partial charge is 0.347 e. The number of carbonyl (C=O) groups excluding carboxylic acids is 1. The van der Waals surface area contributed by atoms with Crippen molar-refractivity contribution in [3.8, 4) is 11.6 Å². The summed E-state index contributed by atoms with van der Waals surface area (Å²) in [5.41, 5.74) is 0.640. The van der Waals surface area contributed by atoms with Gasteiger partial charge in [0.2, 0.25) is 5.88 Å². The third kappa shape index (κ3) is 3.68. The maximum absolute atomic E-state index is 13.0. The van der Waals surface area contributed by atoms with Crippen molar-refractivity contribution in [2.24, 2.45) is 0 Å². The second-order valence-corrected chi connectivity index (χ2v) is 7.81. The summed E-state index contributed by atoms with van der Waals surface area (Å²) >= 11 is 0. The van der Waals surface area contributed by atoms with Crippen LogP contribution in [-0.4, -0.2) is 46.2 Å². The standard InChI is InChI=1S/C18H20N2O6S/c1-4-25-18(21)15-11-12-10-13(8-9-14(12)26-15)27(22,23)20(2)16-6-5-7-17(19-16)24-3/h5-10,15H,4,11H2,1-3H3/t15-/m1/s1. The zero-order valence-electron chi connectivity index (χ0n) is 15.2. The van der Waals surface area contributed by atoms with Gasteiger partial charge in [0.25, 0.3) is 10.0 Å². The SMILES string of the molecule is CCOC(=O)[C@H]1Cc2cc(S(=O)(=O)N(C)c3cccc(OC)n3)ccc2O1. The highest BCUT2D eigenvalue weighted by atomic mass is 32.2. The van der Waals surface area contributed by atoms with Crippen LogP contribution < -0.4 is 13.8 Å². The number of benzene rings is 1. The Balaban J connectivity index is 1.87. The zero-order chi connectivity index (χ0) is 19.6. The summed E-state index contributed by atoms with van der Waals surface area (Å²) in [4.78, 5) is 16.1. The molecule has 0 spiro atoms. The third-order valence-electron chi connectivity index (χ3n) is 4.15. The molecule has 0 aliphatic carbocycles. The lowest BCUT2D eigenvalue weighted by Gasteiger charge is -2.19. The summed E-state index contributed by atoms with van der Waals surface area (Å²) < 4.78 is 42.6. The van der Waals surface area contributed by atoms with Gasteiger partial charge >= 0.3 is 5.97 Å². The number of hydrogen-bond donors (Lipinski definition) is 0. The third-order valence-corrected chi connectivity index (χ3v) is 5.91. The van der Waals surface area contributed by atoms with Crippen LogP contribution in [0.3, 0.4) is 0 Å². The van der Waals surface area contributed by atoms with Crippen molar-refractivity contribution in [1.29, 1.82) is 0 Å². The number of pyridine rings is 1. The minimum atomic E-state index is -3.84. The Labute approximate surface area is 157 Å². The molecule has 1 aromatic heterocycles. The number of ether oxygens (including phenoxy) is 3. The van der Waals surface area contributed by atoms with E-state index in [9.17, 15) is 13.2 Å². The number of hydrogen-bond acceptors (Lipinski definition) is 7. The fraction of sp³-hybridized carbons (Fsp3) is 0.333. The lowest BCUT2D eigenvalue weighted by atomic mass is 10.1. The number of sulfonamides is 1. The molecule has 0 saturated heterocycles. The van der Waals surface area contributed by atoms with Gasteiger partial charge in [-0.25, -0.2) is 13.2 Å². The second kappa shape index (κ2) is 7.43. The van der Waals surface area contributed by atoms with E-state index in [2.05, 4.69) is 4.98 Å². The van der Waals surface area contributed by atoms with Crippen LogP contribution in [0.15, 0.2) is 41.3 Å². The zero-order valence-corrected chi connectivity index (χ0v) is 16.0. The second-order valence-electron chi connectivity index (χ2n) is 5.84. The molecule has 1 aliphatic rings. The first kappa shape index (κ1) is 19.0. The number of rotatable bonds is 6. The Kier molecular flexibility index (Phi) is 5.22. The minimum absolute atomic E-state index is 0.0847. The van der Waals surface area contributed by atoms with Crippen LogP contribution in [0.1, 0.15) is 12.5 Å². The molecule has 1 atom stereocenters. The molecule has 3 rings (SSSR count). The maximum atomic E-state index is 13.0. The Morgan fingerprint density at radius 1 is 1.33 bits per heavy atom. The van der Waals surface area contributed by atoms with Crippen LogP contribution in [0.25, 0.3) is 0 Å². The summed E-state index contributed by atoms with van der Waals surface area (Å²) in [7, 11) is -0.965. The molecule has 0 N–H and O–H groups in total. The molecule has 8 nitrogen and oxygen atoms in total. The predicted molar refractivity (Wildman–Crippen MR) is 97.6 cm³/mol. The van der Waals surface area contributed by atoms with Gasteiger partial charge in [0, 0.05) is 19.5 Å². The molecule has 1 aromatic carbocycles. The van der Waals surface area contributed by atoms with Crippen LogP contribution in [0.4, 0.5) is 5.82 Å². The van der Waals surface area contributed by atoms with Gasteiger partial charge in [-0.1, -0.05) is 6.07 Å². The topological polar surface area (TPSA) is 95.0 Å². The van der Waals surface area contributed by atoms with Crippen LogP contribution in [0, 0.1) is 0 Å². The Morgan fingerprint density at radius 3 is 2.81 bits per heavy atom. The summed E-state index contributed by atoms with van der Waals surface area (Å²) in [6, 6.07) is 9.38. The lowest BCUT2D eigenvalue weighted by Crippen LogP contribution is -2.27. The van der Waals surface area contributed by atoms with Gasteiger partial charge in [-0.2, -0.15) is 4.98 Å². The average Bonchev–Trinajstić information content (AvgIpc) is 3.11. The highest BCUT2D eigenvalue weighted by Gasteiger charge is 2.32. The summed E-state index contributed by atoms with van der Waals surface area (Å²) in [5.74, 6) is 0.564. The summed E-state index contributed by atoms with van der Waals surface area (Å²) in [6.07, 6.45) is -0.491. The molecule has 0 bridgehead atoms. The van der Waals surface area contributed by atoms with Crippen molar-refractivity contribution in [1.82, 2.24) is 4.98 Å². The van der Waals surface area contributed by atoms with Crippen molar-refractivity contribution in [3.63, 3.8) is 0 Å². The van der Waals surface area contributed by atoms with E-state index in [-0.39, 0.29) is 23.7 Å². The molecule has 0 saturated carbocycles. The van der Waals surface area contributed by atoms with Crippen LogP contribution in [-0.2, 0) is 26.0 Å². The normalized spacial score (nSPS) is 15.6. The number of nitrogens with zero attached hydrogens (tertiary/aromatic N) is 2. The maximum Gasteiger partial charge on any atom is 0.347 e. The number of esters is 1. The molecule has 2 aromatic rings. The number of anilines is 1. The van der Waals surface area contributed by atoms with Gasteiger partial charge in [0.1, 0.15) is 11.6 Å². The molecule has 0 fully saturated rings. The molecule has 0 amide bonds. The first-order valence-corrected chi connectivity index (χ1v) is 9.77. The van der Waals surface area contributed by atoms with E-state index in [0.29, 0.717) is 17.2 Å². The highest BCUT2D eigenvalue weighted by molar-refractivity contribution is 7.92. The lowest BCUT2D eigenvalue weighted by molar-refractivity contribution is -0.150. The van der Waals surface area contributed by atoms with Crippen LogP contribution in [0.5, 0.6) is 11.6 Å². The molecule has 0 unspecified atom stereocenters. The predicted octanol–water partition coefficient (Wildman–Crippen LogP) is 1.78. The van der Waals surface area contributed by atoms with Crippen molar-refractivity contribution in [3.05, 3.63) is 42.0 Å². The van der Waals surface area contributed by atoms with Crippen LogP contribution >= 0.6 is 0 Å².